The molecule has 3 atom stereocenters. The van der Waals surface area contributed by atoms with Gasteiger partial charge < -0.3 is 0 Å². The second-order valence-electron chi connectivity index (χ2n) is 4.94. The van der Waals surface area contributed by atoms with E-state index in [1.54, 1.807) is 12.1 Å². The first-order chi connectivity index (χ1) is 8.59. The summed E-state index contributed by atoms with van der Waals surface area (Å²) in [6, 6.07) is 6.94. The molecule has 2 heterocycles. The van der Waals surface area contributed by atoms with Crippen LogP contribution in [0.1, 0.15) is 12.8 Å². The van der Waals surface area contributed by atoms with Crippen LogP contribution in [0.3, 0.4) is 0 Å². The Bertz CT molecular complexity index is 511. The van der Waals surface area contributed by atoms with Crippen molar-refractivity contribution >= 4 is 11.4 Å². The molecule has 4 rings (SSSR count). The van der Waals surface area contributed by atoms with Crippen LogP contribution in [0.25, 0.3) is 0 Å². The quantitative estimate of drug-likeness (QED) is 0.349. The standard InChI is InChI=1S/C13H15N2O3/c1-15(12-6-8-13(18-15)9-7-12)11-4-2-10(3-5-11)14(16)17/h2-6,8,12-13H,7,9H2,1H3/q+1. The van der Waals surface area contributed by atoms with Crippen LogP contribution in [0.2, 0.25) is 0 Å². The van der Waals surface area contributed by atoms with Crippen LogP contribution < -0.4 is 4.65 Å². The molecule has 1 aromatic carbocycles. The van der Waals surface area contributed by atoms with Crippen LogP contribution in [-0.4, -0.2) is 24.1 Å². The van der Waals surface area contributed by atoms with E-state index in [0.29, 0.717) is 10.7 Å². The lowest BCUT2D eigenvalue weighted by Gasteiger charge is -2.45. The second-order valence-corrected chi connectivity index (χ2v) is 4.94. The maximum atomic E-state index is 10.7. The van der Waals surface area contributed by atoms with Gasteiger partial charge in [-0.2, -0.15) is 4.84 Å². The van der Waals surface area contributed by atoms with Gasteiger partial charge in [0.2, 0.25) is 0 Å². The number of nitro benzene ring substituents is 1. The number of rotatable bonds is 2. The predicted molar refractivity (Wildman–Crippen MR) is 67.8 cm³/mol. The molecule has 3 unspecified atom stereocenters. The normalized spacial score (nSPS) is 33.6. The lowest BCUT2D eigenvalue weighted by atomic mass is 9.96. The van der Waals surface area contributed by atoms with Crippen LogP contribution >= 0.6 is 0 Å². The Morgan fingerprint density at radius 3 is 2.44 bits per heavy atom. The molecule has 1 aromatic rings. The minimum Gasteiger partial charge on any atom is -0.258 e. The number of non-ortho nitro benzene ring substituents is 1. The summed E-state index contributed by atoms with van der Waals surface area (Å²) in [5.74, 6) is 0. The zero-order chi connectivity index (χ0) is 12.8. The molecule has 5 heteroatoms. The first-order valence-electron chi connectivity index (χ1n) is 6.07. The summed E-state index contributed by atoms with van der Waals surface area (Å²) in [7, 11) is 2.02. The third kappa shape index (κ3) is 1.63. The highest BCUT2D eigenvalue weighted by atomic mass is 16.7. The van der Waals surface area contributed by atoms with E-state index in [4.69, 9.17) is 4.84 Å². The van der Waals surface area contributed by atoms with Crippen molar-refractivity contribution in [2.24, 2.45) is 0 Å². The summed E-state index contributed by atoms with van der Waals surface area (Å²) in [5, 5.41) is 10.7. The van der Waals surface area contributed by atoms with Gasteiger partial charge in [0, 0.05) is 30.7 Å². The van der Waals surface area contributed by atoms with Gasteiger partial charge in [-0.05, 0) is 18.6 Å². The van der Waals surface area contributed by atoms with Crippen molar-refractivity contribution in [2.75, 3.05) is 7.05 Å². The largest absolute Gasteiger partial charge is 0.269 e. The Morgan fingerprint density at radius 2 is 2.00 bits per heavy atom. The zero-order valence-corrected chi connectivity index (χ0v) is 10.2. The van der Waals surface area contributed by atoms with Crippen LogP contribution in [0.4, 0.5) is 11.4 Å². The van der Waals surface area contributed by atoms with Gasteiger partial charge in [0.25, 0.3) is 5.69 Å². The van der Waals surface area contributed by atoms with Crippen molar-refractivity contribution in [2.45, 2.75) is 25.0 Å². The third-order valence-electron chi connectivity index (χ3n) is 3.86. The number of quaternary nitrogens is 1. The molecular weight excluding hydrogens is 232 g/mol. The minimum absolute atomic E-state index is 0.114. The summed E-state index contributed by atoms with van der Waals surface area (Å²) in [5.41, 5.74) is 1.07. The van der Waals surface area contributed by atoms with E-state index in [-0.39, 0.29) is 16.7 Å². The fourth-order valence-corrected chi connectivity index (χ4v) is 2.76. The molecule has 0 saturated carbocycles. The summed E-state index contributed by atoms with van der Waals surface area (Å²) < 4.78 is 0.388. The van der Waals surface area contributed by atoms with Crippen molar-refractivity contribution in [3.05, 3.63) is 46.5 Å². The van der Waals surface area contributed by atoms with E-state index in [2.05, 4.69) is 12.2 Å². The Morgan fingerprint density at radius 1 is 1.28 bits per heavy atom. The zero-order valence-electron chi connectivity index (χ0n) is 10.2. The molecule has 0 radical (unpaired) electrons. The van der Waals surface area contributed by atoms with Crippen molar-refractivity contribution in [3.63, 3.8) is 0 Å². The fourth-order valence-electron chi connectivity index (χ4n) is 2.76. The number of benzene rings is 1. The van der Waals surface area contributed by atoms with E-state index in [0.717, 1.165) is 18.5 Å². The van der Waals surface area contributed by atoms with Gasteiger partial charge in [0.1, 0.15) is 19.2 Å². The lowest BCUT2D eigenvalue weighted by Crippen LogP contribution is -2.59. The molecule has 5 nitrogen and oxygen atoms in total. The number of nitrogens with zero attached hydrogens (tertiary/aromatic N) is 2. The summed E-state index contributed by atoms with van der Waals surface area (Å²) in [4.78, 5) is 16.3. The van der Waals surface area contributed by atoms with E-state index in [1.165, 1.54) is 12.1 Å². The third-order valence-corrected chi connectivity index (χ3v) is 3.86. The van der Waals surface area contributed by atoms with E-state index < -0.39 is 0 Å². The van der Waals surface area contributed by atoms with Crippen LogP contribution in [-0.2, 0) is 4.84 Å². The molecule has 2 bridgehead atoms. The molecule has 18 heavy (non-hydrogen) atoms. The van der Waals surface area contributed by atoms with E-state index >= 15 is 0 Å². The molecule has 1 aliphatic carbocycles. The molecule has 0 aromatic heterocycles. The lowest BCUT2D eigenvalue weighted by molar-refractivity contribution is -0.384. The molecular formula is C13H15N2O3+. The molecule has 0 N–H and O–H groups in total. The fraction of sp³-hybridized carbons (Fsp3) is 0.385. The van der Waals surface area contributed by atoms with Gasteiger partial charge in [0.15, 0.2) is 5.69 Å². The van der Waals surface area contributed by atoms with E-state index in [1.807, 2.05) is 7.05 Å². The van der Waals surface area contributed by atoms with Crippen molar-refractivity contribution < 1.29 is 9.76 Å². The molecule has 1 saturated heterocycles. The van der Waals surface area contributed by atoms with Crippen LogP contribution in [0.15, 0.2) is 36.4 Å². The molecule has 1 fully saturated rings. The van der Waals surface area contributed by atoms with Crippen molar-refractivity contribution in [1.82, 2.24) is 4.65 Å². The Labute approximate surface area is 105 Å². The Balaban J connectivity index is 1.95. The van der Waals surface area contributed by atoms with Crippen LogP contribution in [0.5, 0.6) is 0 Å². The molecule has 0 amide bonds. The highest BCUT2D eigenvalue weighted by Crippen LogP contribution is 2.38. The SMILES string of the molecule is C[N+]1(c2ccc([N+](=O)[O-])cc2)OC2C=CC1CC2. The van der Waals surface area contributed by atoms with Gasteiger partial charge in [-0.25, -0.2) is 0 Å². The highest BCUT2D eigenvalue weighted by molar-refractivity contribution is 5.48. The smallest absolute Gasteiger partial charge is 0.258 e. The van der Waals surface area contributed by atoms with E-state index in [9.17, 15) is 10.1 Å². The molecule has 94 valence electrons. The number of fused-ring (bicyclic) bond motifs is 2. The topological polar surface area (TPSA) is 52.4 Å². The number of hydrogen-bond donors (Lipinski definition) is 0. The maximum Gasteiger partial charge on any atom is 0.269 e. The van der Waals surface area contributed by atoms with Crippen LogP contribution in [0, 0.1) is 10.1 Å². The predicted octanol–water partition coefficient (Wildman–Crippen LogP) is 2.56. The molecule has 2 aliphatic heterocycles. The Hall–Kier alpha value is -1.72. The summed E-state index contributed by atoms with van der Waals surface area (Å²) in [6.07, 6.45) is 6.62. The van der Waals surface area contributed by atoms with Gasteiger partial charge in [-0.15, -0.1) is 4.65 Å². The van der Waals surface area contributed by atoms with Gasteiger partial charge >= 0.3 is 0 Å². The first kappa shape index (κ1) is 11.4. The Kier molecular flexibility index (Phi) is 2.46. The minimum atomic E-state index is -0.382. The monoisotopic (exact) mass is 247 g/mol. The summed E-state index contributed by atoms with van der Waals surface area (Å²) in [6.45, 7) is 0. The number of likely N-dealkylation sites (N-methyl/N-ethyl adjacent to an activating group) is 1. The molecule has 3 aliphatic rings. The molecule has 0 spiro atoms. The average Bonchev–Trinajstić information content (AvgIpc) is 2.40. The number of hydroxylamine groups is 2. The summed E-state index contributed by atoms with van der Waals surface area (Å²) >= 11 is 0. The van der Waals surface area contributed by atoms with Gasteiger partial charge in [0.05, 0.1) is 4.92 Å². The maximum absolute atomic E-state index is 10.7. The first-order valence-corrected chi connectivity index (χ1v) is 6.07. The number of hydrogen-bond acceptors (Lipinski definition) is 3. The second kappa shape index (κ2) is 3.90. The van der Waals surface area contributed by atoms with Crippen molar-refractivity contribution in [1.29, 1.82) is 0 Å². The van der Waals surface area contributed by atoms with Gasteiger partial charge in [-0.3, -0.25) is 10.1 Å². The number of nitro groups is 1. The van der Waals surface area contributed by atoms with Gasteiger partial charge in [-0.1, -0.05) is 0 Å². The highest BCUT2D eigenvalue weighted by Gasteiger charge is 2.45. The van der Waals surface area contributed by atoms with Crippen molar-refractivity contribution in [3.8, 4) is 0 Å². The average molecular weight is 247 g/mol.